The summed E-state index contributed by atoms with van der Waals surface area (Å²) in [7, 11) is 1.58. The number of hydrogen-bond acceptors (Lipinski definition) is 3. The zero-order valence-electron chi connectivity index (χ0n) is 12.7. The molecule has 1 heterocycles. The van der Waals surface area contributed by atoms with Crippen LogP contribution in [-0.4, -0.2) is 42.1 Å². The Bertz CT molecular complexity index is 569. The highest BCUT2D eigenvalue weighted by Crippen LogP contribution is 2.31. The summed E-state index contributed by atoms with van der Waals surface area (Å²) in [4.78, 5) is 25.3. The predicted molar refractivity (Wildman–Crippen MR) is 78.4 cm³/mol. The highest BCUT2D eigenvalue weighted by atomic mass is 16.5. The van der Waals surface area contributed by atoms with Crippen molar-refractivity contribution in [2.45, 2.75) is 26.7 Å². The summed E-state index contributed by atoms with van der Waals surface area (Å²) in [5.74, 6) is -0.205. The van der Waals surface area contributed by atoms with Gasteiger partial charge in [0.05, 0.1) is 18.9 Å². The highest BCUT2D eigenvalue weighted by molar-refractivity contribution is 5.82. The van der Waals surface area contributed by atoms with Crippen LogP contribution in [-0.2, 0) is 16.0 Å². The first kappa shape index (κ1) is 15.4. The smallest absolute Gasteiger partial charge is 0.311 e. The normalized spacial score (nSPS) is 21.4. The topological polar surface area (TPSA) is 66.8 Å². The molecule has 1 aliphatic rings. The number of likely N-dealkylation sites (tertiary alicyclic amines) is 1. The summed E-state index contributed by atoms with van der Waals surface area (Å²) in [5.41, 5.74) is 1.08. The average molecular weight is 291 g/mol. The van der Waals surface area contributed by atoms with E-state index in [0.29, 0.717) is 18.7 Å². The molecule has 114 valence electrons. The number of ether oxygens (including phenoxy) is 1. The molecule has 0 radical (unpaired) electrons. The molecule has 1 saturated heterocycles. The van der Waals surface area contributed by atoms with E-state index in [1.54, 1.807) is 18.9 Å². The van der Waals surface area contributed by atoms with Gasteiger partial charge in [0, 0.05) is 18.7 Å². The first-order valence-corrected chi connectivity index (χ1v) is 7.00. The lowest BCUT2D eigenvalue weighted by Crippen LogP contribution is -2.35. The van der Waals surface area contributed by atoms with E-state index >= 15 is 0 Å². The number of carboxylic acids is 1. The number of nitrogens with zero attached hydrogens (tertiary/aromatic N) is 1. The second-order valence-corrected chi connectivity index (χ2v) is 5.92. The van der Waals surface area contributed by atoms with Gasteiger partial charge in [0.25, 0.3) is 0 Å². The number of carbonyl (C=O) groups is 2. The standard InChI is InChI=1S/C16H21NO4/c1-11-4-5-13(21-3)12(8-11)9-14(18)17-7-6-16(2,10-17)15(19)20/h4-5,8H,6-7,9-10H2,1-3H3,(H,19,20). The molecule has 1 aromatic rings. The summed E-state index contributed by atoms with van der Waals surface area (Å²) in [6, 6.07) is 5.72. The lowest BCUT2D eigenvalue weighted by molar-refractivity contribution is -0.147. The molecule has 1 fully saturated rings. The second-order valence-electron chi connectivity index (χ2n) is 5.92. The zero-order chi connectivity index (χ0) is 15.6. The van der Waals surface area contributed by atoms with Gasteiger partial charge in [-0.25, -0.2) is 0 Å². The van der Waals surface area contributed by atoms with Crippen molar-refractivity contribution >= 4 is 11.9 Å². The number of methoxy groups -OCH3 is 1. The number of hydrogen-bond donors (Lipinski definition) is 1. The third-order valence-electron chi connectivity index (χ3n) is 4.12. The number of rotatable bonds is 4. The third kappa shape index (κ3) is 3.17. The Balaban J connectivity index is 2.10. The van der Waals surface area contributed by atoms with E-state index in [2.05, 4.69) is 0 Å². The molecule has 1 N–H and O–H groups in total. The summed E-state index contributed by atoms with van der Waals surface area (Å²) in [5, 5.41) is 9.22. The van der Waals surface area contributed by atoms with Gasteiger partial charge in [-0.1, -0.05) is 17.7 Å². The Kier molecular flexibility index (Phi) is 4.21. The monoisotopic (exact) mass is 291 g/mol. The van der Waals surface area contributed by atoms with Crippen LogP contribution in [0, 0.1) is 12.3 Å². The summed E-state index contributed by atoms with van der Waals surface area (Å²) in [6.07, 6.45) is 0.736. The van der Waals surface area contributed by atoms with Crippen molar-refractivity contribution in [3.63, 3.8) is 0 Å². The average Bonchev–Trinajstić information content (AvgIpc) is 2.83. The molecular formula is C16H21NO4. The Morgan fingerprint density at radius 3 is 2.71 bits per heavy atom. The number of aryl methyl sites for hydroxylation is 1. The first-order chi connectivity index (χ1) is 9.85. The van der Waals surface area contributed by atoms with E-state index in [-0.39, 0.29) is 18.9 Å². The molecule has 2 rings (SSSR count). The maximum atomic E-state index is 12.4. The molecule has 5 nitrogen and oxygen atoms in total. The molecule has 0 spiro atoms. The number of carboxylic acid groups (broad SMARTS) is 1. The van der Waals surface area contributed by atoms with Crippen LogP contribution in [0.25, 0.3) is 0 Å². The van der Waals surface area contributed by atoms with Crippen LogP contribution < -0.4 is 4.74 Å². The number of benzene rings is 1. The van der Waals surface area contributed by atoms with Gasteiger partial charge >= 0.3 is 5.97 Å². The number of amides is 1. The lowest BCUT2D eigenvalue weighted by atomic mass is 9.90. The van der Waals surface area contributed by atoms with Gasteiger partial charge in [-0.05, 0) is 26.3 Å². The van der Waals surface area contributed by atoms with E-state index in [4.69, 9.17) is 4.74 Å². The van der Waals surface area contributed by atoms with Crippen molar-refractivity contribution in [1.82, 2.24) is 4.90 Å². The fraction of sp³-hybridized carbons (Fsp3) is 0.500. The van der Waals surface area contributed by atoms with Crippen LogP contribution in [0.3, 0.4) is 0 Å². The molecule has 1 aromatic carbocycles. The van der Waals surface area contributed by atoms with Crippen molar-refractivity contribution in [2.75, 3.05) is 20.2 Å². The van der Waals surface area contributed by atoms with Crippen LogP contribution in [0.5, 0.6) is 5.75 Å². The van der Waals surface area contributed by atoms with Crippen molar-refractivity contribution in [2.24, 2.45) is 5.41 Å². The highest BCUT2D eigenvalue weighted by Gasteiger charge is 2.42. The fourth-order valence-corrected chi connectivity index (χ4v) is 2.67. The van der Waals surface area contributed by atoms with Crippen molar-refractivity contribution in [3.8, 4) is 5.75 Å². The molecular weight excluding hydrogens is 270 g/mol. The van der Waals surface area contributed by atoms with E-state index in [9.17, 15) is 14.7 Å². The van der Waals surface area contributed by atoms with Gasteiger partial charge in [-0.15, -0.1) is 0 Å². The SMILES string of the molecule is COc1ccc(C)cc1CC(=O)N1CCC(C)(C(=O)O)C1. The van der Waals surface area contributed by atoms with E-state index in [1.165, 1.54) is 0 Å². The molecule has 5 heteroatoms. The van der Waals surface area contributed by atoms with Crippen LogP contribution in [0.2, 0.25) is 0 Å². The minimum atomic E-state index is -0.842. The Hall–Kier alpha value is -2.04. The van der Waals surface area contributed by atoms with Crippen molar-refractivity contribution in [3.05, 3.63) is 29.3 Å². The summed E-state index contributed by atoms with van der Waals surface area (Å²) >= 11 is 0. The quantitative estimate of drug-likeness (QED) is 0.919. The fourth-order valence-electron chi connectivity index (χ4n) is 2.67. The van der Waals surface area contributed by atoms with E-state index in [1.807, 2.05) is 25.1 Å². The number of aliphatic carboxylic acids is 1. The van der Waals surface area contributed by atoms with Crippen LogP contribution in [0.4, 0.5) is 0 Å². The molecule has 1 unspecified atom stereocenters. The maximum Gasteiger partial charge on any atom is 0.311 e. The Morgan fingerprint density at radius 1 is 1.43 bits per heavy atom. The maximum absolute atomic E-state index is 12.4. The molecule has 0 bridgehead atoms. The van der Waals surface area contributed by atoms with Crippen LogP contribution >= 0.6 is 0 Å². The van der Waals surface area contributed by atoms with Crippen LogP contribution in [0.15, 0.2) is 18.2 Å². The van der Waals surface area contributed by atoms with Crippen LogP contribution in [0.1, 0.15) is 24.5 Å². The van der Waals surface area contributed by atoms with Gasteiger partial charge in [-0.2, -0.15) is 0 Å². The van der Waals surface area contributed by atoms with Crippen molar-refractivity contribution < 1.29 is 19.4 Å². The van der Waals surface area contributed by atoms with Gasteiger partial charge in [0.15, 0.2) is 0 Å². The van der Waals surface area contributed by atoms with Gasteiger partial charge in [-0.3, -0.25) is 9.59 Å². The van der Waals surface area contributed by atoms with Crippen molar-refractivity contribution in [1.29, 1.82) is 0 Å². The van der Waals surface area contributed by atoms with E-state index in [0.717, 1.165) is 11.1 Å². The lowest BCUT2D eigenvalue weighted by Gasteiger charge is -2.20. The predicted octanol–water partition coefficient (Wildman–Crippen LogP) is 1.87. The molecule has 1 aliphatic heterocycles. The summed E-state index contributed by atoms with van der Waals surface area (Å²) < 4.78 is 5.28. The minimum Gasteiger partial charge on any atom is -0.496 e. The molecule has 1 amide bonds. The zero-order valence-corrected chi connectivity index (χ0v) is 12.7. The molecule has 0 saturated carbocycles. The second kappa shape index (κ2) is 5.76. The molecule has 0 aliphatic carbocycles. The first-order valence-electron chi connectivity index (χ1n) is 7.00. The van der Waals surface area contributed by atoms with Gasteiger partial charge < -0.3 is 14.7 Å². The molecule has 0 aromatic heterocycles. The minimum absolute atomic E-state index is 0.0520. The van der Waals surface area contributed by atoms with Gasteiger partial charge in [0.1, 0.15) is 5.75 Å². The third-order valence-corrected chi connectivity index (χ3v) is 4.12. The largest absolute Gasteiger partial charge is 0.496 e. The molecule has 1 atom stereocenters. The summed E-state index contributed by atoms with van der Waals surface area (Å²) in [6.45, 7) is 4.42. The molecule has 21 heavy (non-hydrogen) atoms. The Labute approximate surface area is 124 Å². The Morgan fingerprint density at radius 2 is 2.14 bits per heavy atom. The van der Waals surface area contributed by atoms with Gasteiger partial charge in [0.2, 0.25) is 5.91 Å². The van der Waals surface area contributed by atoms with E-state index < -0.39 is 11.4 Å². The number of carbonyl (C=O) groups excluding carboxylic acids is 1.